The number of hydrogen-bond acceptors (Lipinski definition) is 6. The van der Waals surface area contributed by atoms with Crippen molar-refractivity contribution in [3.05, 3.63) is 80.8 Å². The maximum absolute atomic E-state index is 13.5. The van der Waals surface area contributed by atoms with Gasteiger partial charge in [-0.1, -0.05) is 5.16 Å². The van der Waals surface area contributed by atoms with Crippen LogP contribution in [-0.4, -0.2) is 39.2 Å². The summed E-state index contributed by atoms with van der Waals surface area (Å²) in [5.41, 5.74) is 4.19. The lowest BCUT2D eigenvalue weighted by Gasteiger charge is -2.31. The van der Waals surface area contributed by atoms with Gasteiger partial charge in [-0.15, -0.1) is 0 Å². The zero-order valence-electron chi connectivity index (χ0n) is 21.3. The molecule has 0 saturated carbocycles. The second-order valence-corrected chi connectivity index (χ2v) is 10.3. The monoisotopic (exact) mass is 502 g/mol. The van der Waals surface area contributed by atoms with E-state index in [9.17, 15) is 9.18 Å². The highest BCUT2D eigenvalue weighted by atomic mass is 19.1. The molecule has 5 heterocycles. The van der Waals surface area contributed by atoms with Gasteiger partial charge in [0.2, 0.25) is 0 Å². The molecule has 2 aliphatic heterocycles. The predicted molar refractivity (Wildman–Crippen MR) is 140 cm³/mol. The van der Waals surface area contributed by atoms with E-state index >= 15 is 0 Å². The van der Waals surface area contributed by atoms with Gasteiger partial charge in [0.25, 0.3) is 5.56 Å². The summed E-state index contributed by atoms with van der Waals surface area (Å²) < 4.78 is 26.4. The molecule has 0 unspecified atom stereocenters. The molecular formula is C29H31FN4O3. The minimum atomic E-state index is -0.312. The standard InChI is InChI=1S/C29H31FN4O3/c1-18-5-7-23(36-18)16-21-4-3-12-34-28(21)31-19(2)24(29(34)35)11-15-33-13-9-20(10-14-33)27-25-8-6-22(30)17-26(25)37-32-27/h5-8,16-17,20H,3-4,9-15H2,1-2H3/b21-16+. The van der Waals surface area contributed by atoms with Crippen LogP contribution in [0.25, 0.3) is 22.6 Å². The van der Waals surface area contributed by atoms with Crippen LogP contribution >= 0.6 is 0 Å². The highest BCUT2D eigenvalue weighted by molar-refractivity contribution is 5.80. The largest absolute Gasteiger partial charge is 0.462 e. The van der Waals surface area contributed by atoms with E-state index in [1.807, 2.05) is 36.6 Å². The van der Waals surface area contributed by atoms with Crippen LogP contribution in [0.15, 0.2) is 44.1 Å². The highest BCUT2D eigenvalue weighted by Gasteiger charge is 2.26. The van der Waals surface area contributed by atoms with E-state index < -0.39 is 0 Å². The van der Waals surface area contributed by atoms with Gasteiger partial charge in [-0.25, -0.2) is 9.37 Å². The number of aromatic nitrogens is 3. The summed E-state index contributed by atoms with van der Waals surface area (Å²) in [6.45, 7) is 7.25. The van der Waals surface area contributed by atoms with Crippen LogP contribution in [0.2, 0.25) is 0 Å². The molecule has 2 aliphatic rings. The fourth-order valence-corrected chi connectivity index (χ4v) is 5.75. The van der Waals surface area contributed by atoms with Gasteiger partial charge < -0.3 is 13.8 Å². The zero-order chi connectivity index (χ0) is 25.5. The molecule has 0 spiro atoms. The zero-order valence-corrected chi connectivity index (χ0v) is 21.3. The fraction of sp³-hybridized carbons (Fsp3) is 0.414. The van der Waals surface area contributed by atoms with Gasteiger partial charge in [0.1, 0.15) is 23.2 Å². The lowest BCUT2D eigenvalue weighted by Crippen LogP contribution is -2.37. The van der Waals surface area contributed by atoms with Crippen LogP contribution < -0.4 is 5.56 Å². The third-order valence-electron chi connectivity index (χ3n) is 7.78. The Morgan fingerprint density at radius 1 is 1.14 bits per heavy atom. The number of halogens is 1. The van der Waals surface area contributed by atoms with Crippen LogP contribution in [-0.2, 0) is 13.0 Å². The number of piperidine rings is 1. The molecule has 8 heteroatoms. The fourth-order valence-electron chi connectivity index (χ4n) is 5.75. The Morgan fingerprint density at radius 2 is 1.97 bits per heavy atom. The molecule has 0 radical (unpaired) electrons. The first-order chi connectivity index (χ1) is 18.0. The van der Waals surface area contributed by atoms with E-state index in [4.69, 9.17) is 13.9 Å². The quantitative estimate of drug-likeness (QED) is 0.359. The summed E-state index contributed by atoms with van der Waals surface area (Å²) in [5, 5.41) is 5.16. The summed E-state index contributed by atoms with van der Waals surface area (Å²) in [6, 6.07) is 8.52. The van der Waals surface area contributed by atoms with Crippen molar-refractivity contribution < 1.29 is 13.3 Å². The third-order valence-corrected chi connectivity index (χ3v) is 7.78. The Kier molecular flexibility index (Phi) is 6.28. The number of likely N-dealkylation sites (tertiary alicyclic amines) is 1. The van der Waals surface area contributed by atoms with Gasteiger partial charge in [0, 0.05) is 41.7 Å². The normalized spacial score (nSPS) is 18.1. The van der Waals surface area contributed by atoms with Crippen molar-refractivity contribution in [3.63, 3.8) is 0 Å². The Balaban J connectivity index is 1.14. The van der Waals surface area contributed by atoms with Gasteiger partial charge in [-0.05, 0) is 95.0 Å². The second kappa shape index (κ2) is 9.74. The number of rotatable bonds is 5. The molecule has 192 valence electrons. The summed E-state index contributed by atoms with van der Waals surface area (Å²) >= 11 is 0. The average molecular weight is 503 g/mol. The molecule has 0 bridgehead atoms. The molecule has 7 nitrogen and oxygen atoms in total. The molecule has 1 aromatic carbocycles. The molecule has 1 fully saturated rings. The van der Waals surface area contributed by atoms with E-state index in [0.29, 0.717) is 24.5 Å². The molecule has 0 aliphatic carbocycles. The summed E-state index contributed by atoms with van der Waals surface area (Å²) in [6.07, 6.45) is 6.42. The van der Waals surface area contributed by atoms with Crippen molar-refractivity contribution in [2.45, 2.75) is 58.4 Å². The molecule has 0 atom stereocenters. The number of nitrogens with zero attached hydrogens (tertiary/aromatic N) is 4. The van der Waals surface area contributed by atoms with E-state index in [2.05, 4.69) is 10.1 Å². The van der Waals surface area contributed by atoms with Crippen molar-refractivity contribution in [2.24, 2.45) is 0 Å². The van der Waals surface area contributed by atoms with Crippen LogP contribution in [0.1, 0.15) is 65.9 Å². The average Bonchev–Trinajstić information content (AvgIpc) is 3.50. The lowest BCUT2D eigenvalue weighted by molar-refractivity contribution is 0.211. The highest BCUT2D eigenvalue weighted by Crippen LogP contribution is 2.33. The van der Waals surface area contributed by atoms with Crippen molar-refractivity contribution in [3.8, 4) is 0 Å². The third kappa shape index (κ3) is 4.66. The Hall–Kier alpha value is -3.52. The first-order valence-corrected chi connectivity index (χ1v) is 13.1. The van der Waals surface area contributed by atoms with Gasteiger partial charge in [0.05, 0.1) is 5.69 Å². The number of fused-ring (bicyclic) bond motifs is 2. The molecule has 6 rings (SSSR count). The smallest absolute Gasteiger partial charge is 0.257 e. The van der Waals surface area contributed by atoms with E-state index in [0.717, 1.165) is 90.6 Å². The first kappa shape index (κ1) is 23.9. The Bertz CT molecular complexity index is 1540. The molecule has 1 saturated heterocycles. The van der Waals surface area contributed by atoms with Crippen LogP contribution in [0.3, 0.4) is 0 Å². The van der Waals surface area contributed by atoms with Crippen molar-refractivity contribution in [1.29, 1.82) is 0 Å². The molecular weight excluding hydrogens is 471 g/mol. The summed E-state index contributed by atoms with van der Waals surface area (Å²) in [4.78, 5) is 20.8. The molecule has 4 aromatic rings. The Labute approximate surface area is 214 Å². The maximum Gasteiger partial charge on any atom is 0.257 e. The van der Waals surface area contributed by atoms with Crippen molar-refractivity contribution in [2.75, 3.05) is 19.6 Å². The number of hydrogen-bond donors (Lipinski definition) is 0. The van der Waals surface area contributed by atoms with E-state index in [1.165, 1.54) is 12.1 Å². The molecule has 3 aromatic heterocycles. The van der Waals surface area contributed by atoms with Gasteiger partial charge >= 0.3 is 0 Å². The topological polar surface area (TPSA) is 77.3 Å². The molecule has 0 N–H and O–H groups in total. The van der Waals surface area contributed by atoms with Crippen molar-refractivity contribution >= 4 is 22.6 Å². The van der Waals surface area contributed by atoms with Crippen LogP contribution in [0, 0.1) is 19.7 Å². The SMILES string of the molecule is Cc1ccc(/C=C2\CCCn3c2nc(C)c(CCN2CCC(c4noc5cc(F)ccc45)CC2)c3=O)o1. The van der Waals surface area contributed by atoms with Crippen LogP contribution in [0.4, 0.5) is 4.39 Å². The predicted octanol–water partition coefficient (Wildman–Crippen LogP) is 5.49. The Morgan fingerprint density at radius 3 is 2.76 bits per heavy atom. The van der Waals surface area contributed by atoms with Crippen molar-refractivity contribution in [1.82, 2.24) is 19.6 Å². The second-order valence-electron chi connectivity index (χ2n) is 10.3. The summed E-state index contributed by atoms with van der Waals surface area (Å²) in [7, 11) is 0. The number of benzene rings is 1. The lowest BCUT2D eigenvalue weighted by atomic mass is 9.91. The molecule has 37 heavy (non-hydrogen) atoms. The van der Waals surface area contributed by atoms with E-state index in [-0.39, 0.29) is 11.4 Å². The van der Waals surface area contributed by atoms with Crippen LogP contribution in [0.5, 0.6) is 0 Å². The van der Waals surface area contributed by atoms with E-state index in [1.54, 1.807) is 6.07 Å². The minimum absolute atomic E-state index is 0.0833. The minimum Gasteiger partial charge on any atom is -0.462 e. The van der Waals surface area contributed by atoms with Gasteiger partial charge in [-0.2, -0.15) is 0 Å². The molecule has 0 amide bonds. The number of aryl methyl sites for hydroxylation is 2. The first-order valence-electron chi connectivity index (χ1n) is 13.1. The number of allylic oxidation sites excluding steroid dienone is 1. The summed E-state index contributed by atoms with van der Waals surface area (Å²) in [5.74, 6) is 2.42. The van der Waals surface area contributed by atoms with Gasteiger partial charge in [0.15, 0.2) is 5.58 Å². The van der Waals surface area contributed by atoms with Gasteiger partial charge in [-0.3, -0.25) is 9.36 Å². The number of furan rings is 1. The maximum atomic E-state index is 13.5.